The summed E-state index contributed by atoms with van der Waals surface area (Å²) in [7, 11) is 0. The molecule has 0 aromatic heterocycles. The molecule has 0 fully saturated rings. The van der Waals surface area contributed by atoms with E-state index in [2.05, 4.69) is 21.2 Å². The van der Waals surface area contributed by atoms with Crippen LogP contribution in [0, 0.1) is 11.6 Å². The summed E-state index contributed by atoms with van der Waals surface area (Å²) >= 11 is 3.05. The molecule has 0 aliphatic rings. The van der Waals surface area contributed by atoms with Crippen LogP contribution in [-0.4, -0.2) is 0 Å². The highest BCUT2D eigenvalue weighted by Crippen LogP contribution is 2.26. The van der Waals surface area contributed by atoms with E-state index in [9.17, 15) is 8.78 Å². The van der Waals surface area contributed by atoms with Gasteiger partial charge in [0, 0.05) is 12.6 Å². The quantitative estimate of drug-likeness (QED) is 0.843. The second-order valence-electron chi connectivity index (χ2n) is 3.84. The summed E-state index contributed by atoms with van der Waals surface area (Å²) in [5.74, 6) is -0.699. The Balaban J connectivity index is 2.13. The first-order chi connectivity index (χ1) is 8.56. The van der Waals surface area contributed by atoms with Crippen molar-refractivity contribution in [1.82, 2.24) is 0 Å². The lowest BCUT2D eigenvalue weighted by molar-refractivity contribution is 0.621. The van der Waals surface area contributed by atoms with Crippen LogP contribution < -0.4 is 11.1 Å². The Hall–Kier alpha value is -1.62. The van der Waals surface area contributed by atoms with E-state index in [0.29, 0.717) is 22.4 Å². The summed E-state index contributed by atoms with van der Waals surface area (Å²) in [6.45, 7) is 0.378. The maximum atomic E-state index is 13.3. The molecule has 0 aliphatic heterocycles. The molecule has 0 bridgehead atoms. The minimum Gasteiger partial charge on any atom is -0.397 e. The highest BCUT2D eigenvalue weighted by atomic mass is 79.9. The molecule has 0 spiro atoms. The molecular weight excluding hydrogens is 302 g/mol. The number of hydrogen-bond acceptors (Lipinski definition) is 2. The van der Waals surface area contributed by atoms with E-state index in [0.717, 1.165) is 5.56 Å². The molecule has 18 heavy (non-hydrogen) atoms. The fourth-order valence-corrected chi connectivity index (χ4v) is 1.92. The van der Waals surface area contributed by atoms with Crippen molar-refractivity contribution in [3.63, 3.8) is 0 Å². The van der Waals surface area contributed by atoms with Crippen LogP contribution in [-0.2, 0) is 6.54 Å². The Morgan fingerprint density at radius 1 is 1.17 bits per heavy atom. The van der Waals surface area contributed by atoms with Crippen molar-refractivity contribution in [2.75, 3.05) is 11.1 Å². The SMILES string of the molecule is Nc1cc(Br)c(F)cc1NCc1cccc(F)c1. The van der Waals surface area contributed by atoms with Gasteiger partial charge in [0.1, 0.15) is 11.6 Å². The van der Waals surface area contributed by atoms with Crippen LogP contribution in [0.25, 0.3) is 0 Å². The van der Waals surface area contributed by atoms with Gasteiger partial charge in [-0.3, -0.25) is 0 Å². The minimum absolute atomic E-state index is 0.302. The van der Waals surface area contributed by atoms with Crippen molar-refractivity contribution in [3.8, 4) is 0 Å². The first kappa shape index (κ1) is 12.8. The Morgan fingerprint density at radius 2 is 1.94 bits per heavy atom. The van der Waals surface area contributed by atoms with Crippen LogP contribution in [0.2, 0.25) is 0 Å². The summed E-state index contributed by atoms with van der Waals surface area (Å²) < 4.78 is 26.6. The van der Waals surface area contributed by atoms with Gasteiger partial charge in [0.2, 0.25) is 0 Å². The van der Waals surface area contributed by atoms with Crippen molar-refractivity contribution in [1.29, 1.82) is 0 Å². The van der Waals surface area contributed by atoms with Crippen molar-refractivity contribution in [3.05, 3.63) is 58.1 Å². The number of nitrogen functional groups attached to an aromatic ring is 1. The van der Waals surface area contributed by atoms with E-state index in [1.54, 1.807) is 12.1 Å². The third-order valence-corrected chi connectivity index (χ3v) is 3.07. The Kier molecular flexibility index (Phi) is 3.81. The molecule has 2 aromatic carbocycles. The van der Waals surface area contributed by atoms with Gasteiger partial charge in [-0.2, -0.15) is 0 Å². The Bertz CT molecular complexity index is 573. The number of nitrogens with one attached hydrogen (secondary N) is 1. The molecule has 0 amide bonds. The van der Waals surface area contributed by atoms with E-state index in [1.165, 1.54) is 24.3 Å². The van der Waals surface area contributed by atoms with Gasteiger partial charge in [-0.1, -0.05) is 12.1 Å². The highest BCUT2D eigenvalue weighted by Gasteiger charge is 2.05. The number of rotatable bonds is 3. The fourth-order valence-electron chi connectivity index (χ4n) is 1.56. The summed E-state index contributed by atoms with van der Waals surface area (Å²) in [5, 5.41) is 2.97. The molecule has 0 atom stereocenters. The Labute approximate surface area is 112 Å². The van der Waals surface area contributed by atoms with E-state index in [4.69, 9.17) is 5.73 Å². The molecule has 0 radical (unpaired) electrons. The lowest BCUT2D eigenvalue weighted by atomic mass is 10.2. The lowest BCUT2D eigenvalue weighted by Gasteiger charge is -2.10. The monoisotopic (exact) mass is 312 g/mol. The summed E-state index contributed by atoms with van der Waals surface area (Å²) in [4.78, 5) is 0. The van der Waals surface area contributed by atoms with Gasteiger partial charge in [-0.15, -0.1) is 0 Å². The number of hydrogen-bond donors (Lipinski definition) is 2. The molecule has 0 unspecified atom stereocenters. The molecule has 0 heterocycles. The fraction of sp³-hybridized carbons (Fsp3) is 0.0769. The molecule has 3 N–H and O–H groups in total. The van der Waals surface area contributed by atoms with E-state index in [1.807, 2.05) is 0 Å². The maximum Gasteiger partial charge on any atom is 0.139 e. The van der Waals surface area contributed by atoms with Gasteiger partial charge >= 0.3 is 0 Å². The second kappa shape index (κ2) is 5.35. The number of nitrogens with two attached hydrogens (primary N) is 1. The van der Waals surface area contributed by atoms with Crippen LogP contribution in [0.1, 0.15) is 5.56 Å². The summed E-state index contributed by atoms with van der Waals surface area (Å²) in [6.07, 6.45) is 0. The third kappa shape index (κ3) is 2.98. The molecule has 5 heteroatoms. The number of anilines is 2. The van der Waals surface area contributed by atoms with Crippen LogP contribution in [0.15, 0.2) is 40.9 Å². The second-order valence-corrected chi connectivity index (χ2v) is 4.69. The molecule has 94 valence electrons. The van der Waals surface area contributed by atoms with E-state index in [-0.39, 0.29) is 5.82 Å². The number of halogens is 3. The van der Waals surface area contributed by atoms with Crippen molar-refractivity contribution in [2.45, 2.75) is 6.54 Å². The molecule has 0 saturated carbocycles. The molecule has 2 nitrogen and oxygen atoms in total. The zero-order valence-electron chi connectivity index (χ0n) is 9.38. The van der Waals surface area contributed by atoms with Gasteiger partial charge < -0.3 is 11.1 Å². The average molecular weight is 313 g/mol. The first-order valence-electron chi connectivity index (χ1n) is 5.29. The molecule has 2 rings (SSSR count). The maximum absolute atomic E-state index is 13.3. The van der Waals surface area contributed by atoms with E-state index >= 15 is 0 Å². The highest BCUT2D eigenvalue weighted by molar-refractivity contribution is 9.10. The standard InChI is InChI=1S/C13H11BrF2N2/c14-10-5-12(17)13(6-11(10)16)18-7-8-2-1-3-9(15)4-8/h1-6,18H,7,17H2. The van der Waals surface area contributed by atoms with Crippen LogP contribution in [0.4, 0.5) is 20.2 Å². The predicted molar refractivity (Wildman–Crippen MR) is 72.2 cm³/mol. The topological polar surface area (TPSA) is 38.0 Å². The van der Waals surface area contributed by atoms with Crippen molar-refractivity contribution >= 4 is 27.3 Å². The largest absolute Gasteiger partial charge is 0.397 e. The minimum atomic E-state index is -0.397. The molecule has 0 aliphatic carbocycles. The molecular formula is C13H11BrF2N2. The van der Waals surface area contributed by atoms with Crippen molar-refractivity contribution in [2.24, 2.45) is 0 Å². The van der Waals surface area contributed by atoms with Crippen LogP contribution in [0.5, 0.6) is 0 Å². The normalized spacial score (nSPS) is 10.4. The summed E-state index contributed by atoms with van der Waals surface area (Å²) in [6, 6.07) is 8.98. The first-order valence-corrected chi connectivity index (χ1v) is 6.08. The third-order valence-electron chi connectivity index (χ3n) is 2.46. The lowest BCUT2D eigenvalue weighted by Crippen LogP contribution is -2.03. The zero-order chi connectivity index (χ0) is 13.1. The van der Waals surface area contributed by atoms with E-state index < -0.39 is 5.82 Å². The van der Waals surface area contributed by atoms with Crippen LogP contribution >= 0.6 is 15.9 Å². The van der Waals surface area contributed by atoms with Gasteiger partial charge in [0.15, 0.2) is 0 Å². The smallest absolute Gasteiger partial charge is 0.139 e. The average Bonchev–Trinajstić information content (AvgIpc) is 2.32. The Morgan fingerprint density at radius 3 is 2.67 bits per heavy atom. The van der Waals surface area contributed by atoms with Crippen molar-refractivity contribution < 1.29 is 8.78 Å². The predicted octanol–water partition coefficient (Wildman–Crippen LogP) is 3.92. The number of benzene rings is 2. The summed E-state index contributed by atoms with van der Waals surface area (Å²) in [5.41, 5.74) is 7.43. The van der Waals surface area contributed by atoms with Gasteiger partial charge in [-0.05, 0) is 39.7 Å². The molecule has 0 saturated heterocycles. The van der Waals surface area contributed by atoms with Gasteiger partial charge in [0.05, 0.1) is 15.8 Å². The molecule has 2 aromatic rings. The van der Waals surface area contributed by atoms with Crippen LogP contribution in [0.3, 0.4) is 0 Å². The van der Waals surface area contributed by atoms with Gasteiger partial charge in [-0.25, -0.2) is 8.78 Å². The van der Waals surface area contributed by atoms with Gasteiger partial charge in [0.25, 0.3) is 0 Å². The zero-order valence-corrected chi connectivity index (χ0v) is 11.0.